The molecule has 2 unspecified atom stereocenters. The van der Waals surface area contributed by atoms with Crippen LogP contribution in [0.1, 0.15) is 51.6 Å². The Balaban J connectivity index is 1.55. The lowest BCUT2D eigenvalue weighted by Crippen LogP contribution is -2.26. The maximum Gasteiger partial charge on any atom is 0.341 e. The van der Waals surface area contributed by atoms with E-state index in [1.165, 1.54) is 12.7 Å². The maximum atomic E-state index is 12.2. The summed E-state index contributed by atoms with van der Waals surface area (Å²) in [6.07, 6.45) is 0.810. The first-order valence-corrected chi connectivity index (χ1v) is 13.9. The third-order valence-electron chi connectivity index (χ3n) is 7.15. The highest BCUT2D eigenvalue weighted by molar-refractivity contribution is 5.92. The van der Waals surface area contributed by atoms with Crippen molar-refractivity contribution in [1.82, 2.24) is 0 Å². The maximum absolute atomic E-state index is 12.2. The molecule has 0 aliphatic rings. The number of ether oxygens (including phenoxy) is 5. The summed E-state index contributed by atoms with van der Waals surface area (Å²) >= 11 is 0. The van der Waals surface area contributed by atoms with Crippen LogP contribution in [0.25, 0.3) is 0 Å². The molecular weight excluding hydrogens is 532 g/mol. The number of aliphatic hydroxyl groups is 1. The van der Waals surface area contributed by atoms with E-state index in [1.54, 1.807) is 50.6 Å². The van der Waals surface area contributed by atoms with Gasteiger partial charge in [0.05, 0.1) is 21.3 Å². The summed E-state index contributed by atoms with van der Waals surface area (Å²) < 4.78 is 28.4. The summed E-state index contributed by atoms with van der Waals surface area (Å²) in [5.41, 5.74) is 4.03. The first kappa shape index (κ1) is 30.5. The fourth-order valence-corrected chi connectivity index (χ4v) is 4.81. The first-order chi connectivity index (χ1) is 20.3. The number of carbonyl (C=O) groups excluding carboxylic acids is 1. The number of aliphatic hydroxyl groups excluding tert-OH is 1. The van der Waals surface area contributed by atoms with Gasteiger partial charge in [0.25, 0.3) is 0 Å². The standard InChI is InChI=1S/C35H38O7/c1-23-14-19-29(35(37)40-5)33(20-23)42-28-17-15-27(16-18-28)41-30(13-9-12-25-10-7-6-8-11-25)34(36)26-21-31(38-3)24(2)32(22-26)39-4/h6-8,10-11,14-22,30,34,36H,9,12-13H2,1-5H3. The molecule has 0 saturated carbocycles. The molecule has 1 N–H and O–H groups in total. The predicted octanol–water partition coefficient (Wildman–Crippen LogP) is 7.40. The van der Waals surface area contributed by atoms with Gasteiger partial charge in [0.1, 0.15) is 46.5 Å². The Morgan fingerprint density at radius 2 is 1.43 bits per heavy atom. The molecule has 0 saturated heterocycles. The van der Waals surface area contributed by atoms with E-state index in [0.29, 0.717) is 46.3 Å². The second kappa shape index (κ2) is 14.4. The van der Waals surface area contributed by atoms with Gasteiger partial charge in [-0.15, -0.1) is 0 Å². The van der Waals surface area contributed by atoms with Crippen molar-refractivity contribution in [2.24, 2.45) is 0 Å². The molecule has 0 aromatic heterocycles. The van der Waals surface area contributed by atoms with Crippen molar-refractivity contribution in [1.29, 1.82) is 0 Å². The van der Waals surface area contributed by atoms with E-state index in [4.69, 9.17) is 23.7 Å². The minimum absolute atomic E-state index is 0.342. The van der Waals surface area contributed by atoms with Crippen molar-refractivity contribution in [2.45, 2.75) is 45.3 Å². The molecule has 7 heteroatoms. The highest BCUT2D eigenvalue weighted by Crippen LogP contribution is 2.35. The first-order valence-electron chi connectivity index (χ1n) is 13.9. The fourth-order valence-electron chi connectivity index (χ4n) is 4.81. The van der Waals surface area contributed by atoms with Crippen molar-refractivity contribution in [2.75, 3.05) is 21.3 Å². The second-order valence-corrected chi connectivity index (χ2v) is 10.1. The van der Waals surface area contributed by atoms with Gasteiger partial charge < -0.3 is 28.8 Å². The van der Waals surface area contributed by atoms with Crippen molar-refractivity contribution in [3.05, 3.63) is 113 Å². The average Bonchev–Trinajstić information content (AvgIpc) is 3.01. The van der Waals surface area contributed by atoms with E-state index < -0.39 is 18.2 Å². The predicted molar refractivity (Wildman–Crippen MR) is 162 cm³/mol. The number of esters is 1. The van der Waals surface area contributed by atoms with Crippen LogP contribution < -0.4 is 18.9 Å². The lowest BCUT2D eigenvalue weighted by molar-refractivity contribution is 0.0289. The zero-order chi connectivity index (χ0) is 30.1. The van der Waals surface area contributed by atoms with Gasteiger partial charge in [0.2, 0.25) is 0 Å². The van der Waals surface area contributed by atoms with E-state index in [9.17, 15) is 9.90 Å². The van der Waals surface area contributed by atoms with Crippen LogP contribution in [0.3, 0.4) is 0 Å². The molecule has 0 aliphatic carbocycles. The SMILES string of the molecule is COC(=O)c1ccc(C)cc1Oc1ccc(OC(CCCc2ccccc2)C(O)c2cc(OC)c(C)c(OC)c2)cc1. The molecule has 7 nitrogen and oxygen atoms in total. The summed E-state index contributed by atoms with van der Waals surface area (Å²) in [6, 6.07) is 26.3. The number of rotatable bonds is 13. The quantitative estimate of drug-likeness (QED) is 0.168. The summed E-state index contributed by atoms with van der Waals surface area (Å²) in [7, 11) is 4.53. The van der Waals surface area contributed by atoms with Crippen molar-refractivity contribution in [3.63, 3.8) is 0 Å². The number of hydrogen-bond donors (Lipinski definition) is 1. The number of benzene rings is 4. The Bertz CT molecular complexity index is 1440. The second-order valence-electron chi connectivity index (χ2n) is 10.1. The van der Waals surface area contributed by atoms with Crippen LogP contribution in [0.15, 0.2) is 84.9 Å². The Kier molecular flexibility index (Phi) is 10.5. The van der Waals surface area contributed by atoms with Gasteiger partial charge in [-0.25, -0.2) is 4.79 Å². The number of methoxy groups -OCH3 is 3. The van der Waals surface area contributed by atoms with Crippen LogP contribution in [0.2, 0.25) is 0 Å². The van der Waals surface area contributed by atoms with Crippen LogP contribution in [0.4, 0.5) is 0 Å². The molecule has 0 heterocycles. The van der Waals surface area contributed by atoms with Crippen LogP contribution in [0, 0.1) is 13.8 Å². The molecule has 2 atom stereocenters. The van der Waals surface area contributed by atoms with Crippen molar-refractivity contribution < 1.29 is 33.6 Å². The van der Waals surface area contributed by atoms with Crippen LogP contribution >= 0.6 is 0 Å². The molecule has 4 aromatic carbocycles. The Morgan fingerprint density at radius 3 is 2.05 bits per heavy atom. The molecule has 0 amide bonds. The highest BCUT2D eigenvalue weighted by Gasteiger charge is 2.25. The Hall–Kier alpha value is -4.49. The van der Waals surface area contributed by atoms with Gasteiger partial charge in [0.15, 0.2) is 0 Å². The van der Waals surface area contributed by atoms with Gasteiger partial charge in [-0.1, -0.05) is 36.4 Å². The summed E-state index contributed by atoms with van der Waals surface area (Å²) in [5, 5.41) is 11.5. The molecular formula is C35H38O7. The molecule has 220 valence electrons. The lowest BCUT2D eigenvalue weighted by Gasteiger charge is -2.26. The molecule has 0 aliphatic heterocycles. The van der Waals surface area contributed by atoms with E-state index >= 15 is 0 Å². The number of aryl methyl sites for hydroxylation is 2. The zero-order valence-electron chi connectivity index (χ0n) is 24.8. The van der Waals surface area contributed by atoms with Gasteiger partial charge >= 0.3 is 5.97 Å². The number of carbonyl (C=O) groups is 1. The van der Waals surface area contributed by atoms with Gasteiger partial charge in [-0.05, 0) is 98.3 Å². The van der Waals surface area contributed by atoms with E-state index in [2.05, 4.69) is 12.1 Å². The molecule has 4 rings (SSSR count). The minimum Gasteiger partial charge on any atom is -0.496 e. The fraction of sp³-hybridized carbons (Fsp3) is 0.286. The third-order valence-corrected chi connectivity index (χ3v) is 7.15. The normalized spacial score (nSPS) is 12.2. The van der Waals surface area contributed by atoms with Crippen LogP contribution in [0.5, 0.6) is 28.7 Å². The van der Waals surface area contributed by atoms with Crippen LogP contribution in [-0.2, 0) is 11.2 Å². The molecule has 42 heavy (non-hydrogen) atoms. The van der Waals surface area contributed by atoms with Gasteiger partial charge in [-0.2, -0.15) is 0 Å². The van der Waals surface area contributed by atoms with Crippen molar-refractivity contribution in [3.8, 4) is 28.7 Å². The van der Waals surface area contributed by atoms with Gasteiger partial charge in [-0.3, -0.25) is 0 Å². The smallest absolute Gasteiger partial charge is 0.341 e. The van der Waals surface area contributed by atoms with Gasteiger partial charge in [0, 0.05) is 5.56 Å². The average molecular weight is 571 g/mol. The largest absolute Gasteiger partial charge is 0.496 e. The highest BCUT2D eigenvalue weighted by atomic mass is 16.5. The molecule has 0 fully saturated rings. The Morgan fingerprint density at radius 1 is 0.786 bits per heavy atom. The summed E-state index contributed by atoms with van der Waals surface area (Å²) in [6.45, 7) is 3.84. The topological polar surface area (TPSA) is 83.5 Å². The van der Waals surface area contributed by atoms with E-state index in [0.717, 1.165) is 24.0 Å². The van der Waals surface area contributed by atoms with E-state index in [1.807, 2.05) is 50.2 Å². The monoisotopic (exact) mass is 570 g/mol. The lowest BCUT2D eigenvalue weighted by atomic mass is 9.97. The molecule has 0 spiro atoms. The molecule has 4 aromatic rings. The zero-order valence-corrected chi connectivity index (χ0v) is 24.8. The Labute approximate surface area is 247 Å². The molecule has 0 bridgehead atoms. The summed E-state index contributed by atoms with van der Waals surface area (Å²) in [5.74, 6) is 2.32. The third kappa shape index (κ3) is 7.62. The summed E-state index contributed by atoms with van der Waals surface area (Å²) in [4.78, 5) is 12.2. The minimum atomic E-state index is -0.935. The van der Waals surface area contributed by atoms with Crippen LogP contribution in [-0.4, -0.2) is 38.5 Å². The number of hydrogen-bond acceptors (Lipinski definition) is 7. The van der Waals surface area contributed by atoms with Crippen molar-refractivity contribution >= 4 is 5.97 Å². The molecule has 0 radical (unpaired) electrons. The van der Waals surface area contributed by atoms with E-state index in [-0.39, 0.29) is 0 Å².